The number of anilines is 1. The Kier molecular flexibility index (Phi) is 6.76. The van der Waals surface area contributed by atoms with E-state index in [1.54, 1.807) is 18.2 Å². The molecule has 6 nitrogen and oxygen atoms in total. The lowest BCUT2D eigenvalue weighted by atomic mass is 10.2. The van der Waals surface area contributed by atoms with Gasteiger partial charge in [0.25, 0.3) is 12.3 Å². The Bertz CT molecular complexity index is 1000. The van der Waals surface area contributed by atoms with Crippen molar-refractivity contribution >= 4 is 22.6 Å². The number of hydrogen-bond donors (Lipinski definition) is 2. The maximum atomic E-state index is 12.8. The number of unbranched alkanes of at least 4 members (excludes halogenated alkanes) is 1. The zero-order valence-electron chi connectivity index (χ0n) is 17.4. The highest BCUT2D eigenvalue weighted by Gasteiger charge is 2.17. The molecule has 0 spiro atoms. The molecule has 0 bridgehead atoms. The zero-order valence-corrected chi connectivity index (χ0v) is 17.4. The predicted molar refractivity (Wildman–Crippen MR) is 118 cm³/mol. The van der Waals surface area contributed by atoms with Crippen LogP contribution in [0.15, 0.2) is 48.5 Å². The van der Waals surface area contributed by atoms with Gasteiger partial charge in [0.05, 0.1) is 11.0 Å². The SMILES string of the molecule is O=C(NCCCCN1CCN(c2ccccc2)CC1)c1ccc2nc(C(F)F)[nH]c2c1. The molecule has 0 atom stereocenters. The molecule has 1 aromatic heterocycles. The highest BCUT2D eigenvalue weighted by molar-refractivity contribution is 5.97. The van der Waals surface area contributed by atoms with E-state index in [0.717, 1.165) is 45.6 Å². The summed E-state index contributed by atoms with van der Waals surface area (Å²) < 4.78 is 25.5. The van der Waals surface area contributed by atoms with Crippen LogP contribution in [-0.2, 0) is 0 Å². The Hall–Kier alpha value is -3.00. The molecule has 1 amide bonds. The summed E-state index contributed by atoms with van der Waals surface area (Å²) in [6, 6.07) is 15.3. The largest absolute Gasteiger partial charge is 0.369 e. The first-order valence-corrected chi connectivity index (χ1v) is 10.7. The minimum absolute atomic E-state index is 0.202. The van der Waals surface area contributed by atoms with Gasteiger partial charge in [0.2, 0.25) is 0 Å². The molecule has 31 heavy (non-hydrogen) atoms. The van der Waals surface area contributed by atoms with Crippen molar-refractivity contribution < 1.29 is 13.6 Å². The molecule has 2 heterocycles. The van der Waals surface area contributed by atoms with E-state index < -0.39 is 6.43 Å². The minimum Gasteiger partial charge on any atom is -0.369 e. The lowest BCUT2D eigenvalue weighted by Gasteiger charge is -2.36. The summed E-state index contributed by atoms with van der Waals surface area (Å²) in [6.45, 7) is 5.77. The van der Waals surface area contributed by atoms with E-state index in [1.165, 1.54) is 5.69 Å². The summed E-state index contributed by atoms with van der Waals surface area (Å²) in [7, 11) is 0. The van der Waals surface area contributed by atoms with E-state index in [9.17, 15) is 13.6 Å². The van der Waals surface area contributed by atoms with E-state index >= 15 is 0 Å². The summed E-state index contributed by atoms with van der Waals surface area (Å²) in [5.41, 5.74) is 2.59. The van der Waals surface area contributed by atoms with Crippen molar-refractivity contribution in [1.29, 1.82) is 0 Å². The second kappa shape index (κ2) is 9.87. The van der Waals surface area contributed by atoms with Crippen molar-refractivity contribution in [2.24, 2.45) is 0 Å². The first-order valence-electron chi connectivity index (χ1n) is 10.7. The number of nitrogens with one attached hydrogen (secondary N) is 2. The number of benzene rings is 2. The van der Waals surface area contributed by atoms with E-state index in [4.69, 9.17) is 0 Å². The number of rotatable bonds is 8. The van der Waals surface area contributed by atoms with Crippen molar-refractivity contribution in [3.63, 3.8) is 0 Å². The molecule has 8 heteroatoms. The average molecular weight is 427 g/mol. The van der Waals surface area contributed by atoms with Gasteiger partial charge in [-0.2, -0.15) is 0 Å². The number of nitrogens with zero attached hydrogens (tertiary/aromatic N) is 3. The van der Waals surface area contributed by atoms with Crippen LogP contribution in [-0.4, -0.2) is 60.0 Å². The monoisotopic (exact) mass is 427 g/mol. The second-order valence-corrected chi connectivity index (χ2v) is 7.78. The van der Waals surface area contributed by atoms with Gasteiger partial charge >= 0.3 is 0 Å². The topological polar surface area (TPSA) is 64.3 Å². The van der Waals surface area contributed by atoms with Crippen LogP contribution in [0, 0.1) is 0 Å². The van der Waals surface area contributed by atoms with Gasteiger partial charge in [0.1, 0.15) is 0 Å². The van der Waals surface area contributed by atoms with Crippen LogP contribution in [0.4, 0.5) is 14.5 Å². The maximum absolute atomic E-state index is 12.8. The molecule has 164 valence electrons. The minimum atomic E-state index is -2.66. The standard InChI is InChI=1S/C23H27F2N5O/c24-21(25)22-27-19-9-8-17(16-20(19)28-22)23(31)26-10-4-5-11-29-12-14-30(15-13-29)18-6-2-1-3-7-18/h1-3,6-9,16,21H,4-5,10-15H2,(H,26,31)(H,27,28). The van der Waals surface area contributed by atoms with Crippen molar-refractivity contribution in [2.75, 3.05) is 44.2 Å². The number of carbonyl (C=O) groups excluding carboxylic acids is 1. The lowest BCUT2D eigenvalue weighted by Crippen LogP contribution is -2.46. The number of para-hydroxylation sites is 1. The van der Waals surface area contributed by atoms with Crippen LogP contribution in [0.2, 0.25) is 0 Å². The molecule has 1 fully saturated rings. The molecule has 1 saturated heterocycles. The van der Waals surface area contributed by atoms with Gasteiger partial charge in [-0.05, 0) is 49.7 Å². The normalized spacial score (nSPS) is 15.0. The fourth-order valence-electron chi connectivity index (χ4n) is 3.91. The van der Waals surface area contributed by atoms with E-state index in [-0.39, 0.29) is 11.7 Å². The van der Waals surface area contributed by atoms with Crippen molar-refractivity contribution in [3.05, 3.63) is 59.9 Å². The molecule has 3 aromatic rings. The molecule has 4 rings (SSSR count). The van der Waals surface area contributed by atoms with Crippen LogP contribution in [0.5, 0.6) is 0 Å². The number of imidazole rings is 1. The number of fused-ring (bicyclic) bond motifs is 1. The van der Waals surface area contributed by atoms with Crippen LogP contribution < -0.4 is 10.2 Å². The first kappa shape index (κ1) is 21.2. The Labute approximate surface area is 180 Å². The quantitative estimate of drug-likeness (QED) is 0.537. The number of H-pyrrole nitrogens is 1. The van der Waals surface area contributed by atoms with E-state index in [2.05, 4.69) is 49.4 Å². The molecule has 0 saturated carbocycles. The molecule has 0 aliphatic carbocycles. The van der Waals surface area contributed by atoms with Crippen LogP contribution >= 0.6 is 0 Å². The van der Waals surface area contributed by atoms with Crippen LogP contribution in [0.3, 0.4) is 0 Å². The van der Waals surface area contributed by atoms with Gasteiger partial charge in [-0.3, -0.25) is 9.69 Å². The van der Waals surface area contributed by atoms with Crippen molar-refractivity contribution in [2.45, 2.75) is 19.3 Å². The fourth-order valence-corrected chi connectivity index (χ4v) is 3.91. The number of hydrogen-bond acceptors (Lipinski definition) is 4. The van der Waals surface area contributed by atoms with Crippen molar-refractivity contribution in [3.8, 4) is 0 Å². The molecular weight excluding hydrogens is 400 g/mol. The molecule has 1 aliphatic heterocycles. The molecular formula is C23H27F2N5O. The maximum Gasteiger partial charge on any atom is 0.295 e. The summed E-state index contributed by atoms with van der Waals surface area (Å²) in [5.74, 6) is -0.580. The highest BCUT2D eigenvalue weighted by Crippen LogP contribution is 2.20. The number of piperazine rings is 1. The van der Waals surface area contributed by atoms with Crippen molar-refractivity contribution in [1.82, 2.24) is 20.2 Å². The van der Waals surface area contributed by atoms with Gasteiger partial charge in [0, 0.05) is 44.0 Å². The third kappa shape index (κ3) is 5.38. The lowest BCUT2D eigenvalue weighted by molar-refractivity contribution is 0.0952. The average Bonchev–Trinajstić information content (AvgIpc) is 3.24. The van der Waals surface area contributed by atoms with Gasteiger partial charge in [-0.25, -0.2) is 13.8 Å². The number of aromatic nitrogens is 2. The molecule has 1 aliphatic rings. The van der Waals surface area contributed by atoms with E-state index in [1.807, 2.05) is 6.07 Å². The summed E-state index contributed by atoms with van der Waals surface area (Å²) in [5, 5.41) is 2.91. The Morgan fingerprint density at radius 1 is 1.06 bits per heavy atom. The van der Waals surface area contributed by atoms with Gasteiger partial charge in [0.15, 0.2) is 5.82 Å². The fraction of sp³-hybridized carbons (Fsp3) is 0.391. The number of halogens is 2. The first-order chi connectivity index (χ1) is 15.1. The molecule has 0 unspecified atom stereocenters. The molecule has 2 aromatic carbocycles. The Balaban J connectivity index is 1.16. The second-order valence-electron chi connectivity index (χ2n) is 7.78. The molecule has 2 N–H and O–H groups in total. The molecule has 0 radical (unpaired) electrons. The van der Waals surface area contributed by atoms with Gasteiger partial charge in [-0.15, -0.1) is 0 Å². The van der Waals surface area contributed by atoms with E-state index in [0.29, 0.717) is 23.1 Å². The van der Waals surface area contributed by atoms with Gasteiger partial charge < -0.3 is 15.2 Å². The van der Waals surface area contributed by atoms with Gasteiger partial charge in [-0.1, -0.05) is 18.2 Å². The highest BCUT2D eigenvalue weighted by atomic mass is 19.3. The Morgan fingerprint density at radius 3 is 2.58 bits per heavy atom. The third-order valence-corrected chi connectivity index (χ3v) is 5.65. The number of alkyl halides is 2. The summed E-state index contributed by atoms with van der Waals surface area (Å²) in [4.78, 5) is 23.6. The Morgan fingerprint density at radius 2 is 1.84 bits per heavy atom. The third-order valence-electron chi connectivity index (χ3n) is 5.65. The number of carbonyl (C=O) groups is 1. The zero-order chi connectivity index (χ0) is 21.6. The number of amides is 1. The number of aromatic amines is 1. The van der Waals surface area contributed by atoms with Crippen LogP contribution in [0.1, 0.15) is 35.4 Å². The van der Waals surface area contributed by atoms with Crippen LogP contribution in [0.25, 0.3) is 11.0 Å². The predicted octanol–water partition coefficient (Wildman–Crippen LogP) is 3.83. The smallest absolute Gasteiger partial charge is 0.295 e. The summed E-state index contributed by atoms with van der Waals surface area (Å²) >= 11 is 0. The summed E-state index contributed by atoms with van der Waals surface area (Å²) in [6.07, 6.45) is -0.749.